The van der Waals surface area contributed by atoms with Crippen molar-refractivity contribution in [3.05, 3.63) is 29.3 Å². The quantitative estimate of drug-likeness (QED) is 0.874. The number of likely N-dealkylation sites (tertiary alicyclic amines) is 1. The van der Waals surface area contributed by atoms with Crippen LogP contribution in [0.1, 0.15) is 55.1 Å². The van der Waals surface area contributed by atoms with Crippen LogP contribution in [-0.2, 0) is 0 Å². The minimum absolute atomic E-state index is 0.154. The number of rotatable bonds is 2. The van der Waals surface area contributed by atoms with Gasteiger partial charge in [-0.15, -0.1) is 0 Å². The summed E-state index contributed by atoms with van der Waals surface area (Å²) < 4.78 is 5.96. The van der Waals surface area contributed by atoms with Crippen molar-refractivity contribution < 1.29 is 14.6 Å². The molecular weight excluding hydrogens is 280 g/mol. The Morgan fingerprint density at radius 1 is 1.32 bits per heavy atom. The van der Waals surface area contributed by atoms with Gasteiger partial charge in [-0.2, -0.15) is 0 Å². The molecule has 5 heteroatoms. The average molecular weight is 304 g/mol. The minimum Gasteiger partial charge on any atom is -0.485 e. The van der Waals surface area contributed by atoms with Crippen LogP contribution in [0.25, 0.3) is 0 Å². The molecule has 1 aromatic carbocycles. The molecule has 0 radical (unpaired) electrons. The maximum Gasteiger partial charge on any atom is 0.248 e. The summed E-state index contributed by atoms with van der Waals surface area (Å²) in [6, 6.07) is 5.09. The zero-order valence-electron chi connectivity index (χ0n) is 13.2. The number of amides is 1. The molecule has 1 aromatic rings. The van der Waals surface area contributed by atoms with Crippen LogP contribution < -0.4 is 10.5 Å². The molecule has 3 N–H and O–H groups in total. The van der Waals surface area contributed by atoms with Crippen molar-refractivity contribution >= 4 is 5.91 Å². The highest BCUT2D eigenvalue weighted by atomic mass is 16.5. The molecule has 0 unspecified atom stereocenters. The largest absolute Gasteiger partial charge is 0.485 e. The number of aliphatic hydroxyl groups is 1. The molecule has 22 heavy (non-hydrogen) atoms. The van der Waals surface area contributed by atoms with Crippen LogP contribution in [0, 0.1) is 0 Å². The standard InChI is InChI=1S/C17H24N2O3/c1-17(2)15(20)14(19-8-4-3-5-9-19)12-10-11(16(18)21)6-7-13(12)22-17/h6-7,10,14-15,20H,3-5,8-9H2,1-2H3,(H2,18,21)/t14-,15+/m0/s1. The highest BCUT2D eigenvalue weighted by molar-refractivity contribution is 5.93. The van der Waals surface area contributed by atoms with Gasteiger partial charge in [0, 0.05) is 11.1 Å². The van der Waals surface area contributed by atoms with E-state index >= 15 is 0 Å². The maximum atomic E-state index is 11.5. The predicted octanol–water partition coefficient (Wildman–Crippen LogP) is 1.84. The smallest absolute Gasteiger partial charge is 0.248 e. The van der Waals surface area contributed by atoms with Gasteiger partial charge in [-0.3, -0.25) is 9.69 Å². The summed E-state index contributed by atoms with van der Waals surface area (Å²) in [7, 11) is 0. The van der Waals surface area contributed by atoms with E-state index < -0.39 is 17.6 Å². The normalized spacial score (nSPS) is 27.8. The molecule has 0 bridgehead atoms. The molecule has 3 rings (SSSR count). The lowest BCUT2D eigenvalue weighted by molar-refractivity contribution is -0.0961. The Bertz CT molecular complexity index is 579. The van der Waals surface area contributed by atoms with E-state index in [1.807, 2.05) is 13.8 Å². The van der Waals surface area contributed by atoms with Gasteiger partial charge in [0.1, 0.15) is 17.5 Å². The van der Waals surface area contributed by atoms with E-state index in [1.54, 1.807) is 18.2 Å². The Balaban J connectivity index is 2.06. The highest BCUT2D eigenvalue weighted by Crippen LogP contribution is 2.43. The highest BCUT2D eigenvalue weighted by Gasteiger charge is 2.45. The van der Waals surface area contributed by atoms with Gasteiger partial charge in [-0.25, -0.2) is 0 Å². The molecule has 0 aromatic heterocycles. The maximum absolute atomic E-state index is 11.5. The van der Waals surface area contributed by atoms with Gasteiger partial charge in [0.25, 0.3) is 0 Å². The molecule has 1 amide bonds. The molecular formula is C17H24N2O3. The molecule has 2 heterocycles. The number of nitrogens with zero attached hydrogens (tertiary/aromatic N) is 1. The zero-order valence-corrected chi connectivity index (χ0v) is 13.2. The summed E-state index contributed by atoms with van der Waals surface area (Å²) in [5.74, 6) is 0.274. The van der Waals surface area contributed by atoms with E-state index in [0.717, 1.165) is 37.2 Å². The second kappa shape index (κ2) is 5.56. The Kier molecular flexibility index (Phi) is 3.87. The molecule has 1 fully saturated rings. The van der Waals surface area contributed by atoms with Crippen LogP contribution in [0.4, 0.5) is 0 Å². The van der Waals surface area contributed by atoms with E-state index in [2.05, 4.69) is 4.90 Å². The van der Waals surface area contributed by atoms with E-state index in [-0.39, 0.29) is 6.04 Å². The predicted molar refractivity (Wildman–Crippen MR) is 83.8 cm³/mol. The van der Waals surface area contributed by atoms with E-state index in [0.29, 0.717) is 5.56 Å². The number of fused-ring (bicyclic) bond motifs is 1. The molecule has 120 valence electrons. The van der Waals surface area contributed by atoms with Crippen molar-refractivity contribution in [3.8, 4) is 5.75 Å². The second-order valence-corrected chi connectivity index (χ2v) is 6.81. The Labute approximate surface area is 131 Å². The van der Waals surface area contributed by atoms with Gasteiger partial charge < -0.3 is 15.6 Å². The summed E-state index contributed by atoms with van der Waals surface area (Å²) in [4.78, 5) is 13.8. The van der Waals surface area contributed by atoms with E-state index in [4.69, 9.17) is 10.5 Å². The van der Waals surface area contributed by atoms with Crippen molar-refractivity contribution in [1.82, 2.24) is 4.90 Å². The third kappa shape index (κ3) is 2.59. The first kappa shape index (κ1) is 15.3. The fourth-order valence-electron chi connectivity index (χ4n) is 3.51. The lowest BCUT2D eigenvalue weighted by atomic mass is 9.84. The summed E-state index contributed by atoms with van der Waals surface area (Å²) >= 11 is 0. The van der Waals surface area contributed by atoms with Gasteiger partial charge in [0.2, 0.25) is 5.91 Å². The molecule has 0 spiro atoms. The molecule has 2 aliphatic heterocycles. The Morgan fingerprint density at radius 3 is 2.64 bits per heavy atom. The van der Waals surface area contributed by atoms with E-state index in [9.17, 15) is 9.90 Å². The molecule has 0 saturated carbocycles. The van der Waals surface area contributed by atoms with Crippen molar-refractivity contribution in [3.63, 3.8) is 0 Å². The average Bonchev–Trinajstić information content (AvgIpc) is 2.48. The number of ether oxygens (including phenoxy) is 1. The van der Waals surface area contributed by atoms with Gasteiger partial charge in [-0.1, -0.05) is 6.42 Å². The molecule has 2 aliphatic rings. The van der Waals surface area contributed by atoms with Crippen LogP contribution in [0.5, 0.6) is 5.75 Å². The van der Waals surface area contributed by atoms with Gasteiger partial charge >= 0.3 is 0 Å². The number of hydrogen-bond acceptors (Lipinski definition) is 4. The van der Waals surface area contributed by atoms with Crippen LogP contribution in [0.15, 0.2) is 18.2 Å². The number of piperidine rings is 1. The number of primary amides is 1. The van der Waals surface area contributed by atoms with Crippen molar-refractivity contribution in [1.29, 1.82) is 0 Å². The van der Waals surface area contributed by atoms with Crippen molar-refractivity contribution in [2.45, 2.75) is 50.9 Å². The summed E-state index contributed by atoms with van der Waals surface area (Å²) in [5, 5.41) is 10.8. The SMILES string of the molecule is CC1(C)Oc2ccc(C(N)=O)cc2[C@H](N2CCCCC2)[C@H]1O. The first-order chi connectivity index (χ1) is 10.4. The first-order valence-corrected chi connectivity index (χ1v) is 7.95. The monoisotopic (exact) mass is 304 g/mol. The number of hydrogen-bond donors (Lipinski definition) is 2. The summed E-state index contributed by atoms with van der Waals surface area (Å²) in [6.07, 6.45) is 2.85. The van der Waals surface area contributed by atoms with Crippen LogP contribution in [0.2, 0.25) is 0 Å². The minimum atomic E-state index is -0.663. The molecule has 5 nitrogen and oxygen atoms in total. The van der Waals surface area contributed by atoms with E-state index in [1.165, 1.54) is 6.42 Å². The van der Waals surface area contributed by atoms with Gasteiger partial charge in [0.15, 0.2) is 0 Å². The fourth-order valence-corrected chi connectivity index (χ4v) is 3.51. The summed E-state index contributed by atoms with van der Waals surface area (Å²) in [5.41, 5.74) is 6.06. The lowest BCUT2D eigenvalue weighted by Crippen LogP contribution is -2.54. The molecule has 0 aliphatic carbocycles. The van der Waals surface area contributed by atoms with Crippen LogP contribution in [0.3, 0.4) is 0 Å². The zero-order chi connectivity index (χ0) is 15.9. The van der Waals surface area contributed by atoms with Crippen molar-refractivity contribution in [2.75, 3.05) is 13.1 Å². The molecule has 2 atom stereocenters. The third-order valence-corrected chi connectivity index (χ3v) is 4.78. The first-order valence-electron chi connectivity index (χ1n) is 7.95. The number of carbonyl (C=O) groups is 1. The van der Waals surface area contributed by atoms with Crippen molar-refractivity contribution in [2.24, 2.45) is 5.73 Å². The Hall–Kier alpha value is -1.59. The lowest BCUT2D eigenvalue weighted by Gasteiger charge is -2.47. The number of benzene rings is 1. The second-order valence-electron chi connectivity index (χ2n) is 6.81. The molecule has 1 saturated heterocycles. The van der Waals surface area contributed by atoms with Gasteiger partial charge in [0.05, 0.1) is 6.04 Å². The fraction of sp³-hybridized carbons (Fsp3) is 0.588. The number of aliphatic hydroxyl groups excluding tert-OH is 1. The summed E-state index contributed by atoms with van der Waals surface area (Å²) in [6.45, 7) is 5.72. The van der Waals surface area contributed by atoms with Crippen LogP contribution >= 0.6 is 0 Å². The number of carbonyl (C=O) groups excluding carboxylic acids is 1. The topological polar surface area (TPSA) is 75.8 Å². The van der Waals surface area contributed by atoms with Crippen LogP contribution in [-0.4, -0.2) is 40.7 Å². The third-order valence-electron chi connectivity index (χ3n) is 4.78. The van der Waals surface area contributed by atoms with Gasteiger partial charge in [-0.05, 0) is 58.0 Å². The number of nitrogens with two attached hydrogens (primary N) is 1. The Morgan fingerprint density at radius 2 is 2.00 bits per heavy atom.